The fourth-order valence-corrected chi connectivity index (χ4v) is 10.0. The highest BCUT2D eigenvalue weighted by molar-refractivity contribution is 6.26. The van der Waals surface area contributed by atoms with Crippen LogP contribution < -0.4 is 28.4 Å². The minimum absolute atomic E-state index is 0.650. The Morgan fingerprint density at radius 2 is 0.319 bits per heavy atom. The quantitative estimate of drug-likeness (QED) is 0.0325. The Balaban J connectivity index is 1.79. The third kappa shape index (κ3) is 23.3. The van der Waals surface area contributed by atoms with Crippen molar-refractivity contribution < 1.29 is 28.4 Å². The molecule has 4 rings (SSSR count). The second-order valence-corrected chi connectivity index (χ2v) is 21.2. The molecule has 0 radical (unpaired) electrons. The lowest BCUT2D eigenvalue weighted by molar-refractivity contribution is 0.258. The molecule has 4 aromatic rings. The van der Waals surface area contributed by atoms with Crippen molar-refractivity contribution in [3.8, 4) is 34.5 Å². The number of benzene rings is 4. The van der Waals surface area contributed by atoms with Crippen molar-refractivity contribution >= 4 is 32.3 Å². The van der Waals surface area contributed by atoms with Gasteiger partial charge in [-0.15, -0.1) is 0 Å². The topological polar surface area (TPSA) is 55.4 Å². The van der Waals surface area contributed by atoms with Crippen molar-refractivity contribution in [2.75, 3.05) is 39.6 Å². The van der Waals surface area contributed by atoms with Gasteiger partial charge >= 0.3 is 0 Å². The van der Waals surface area contributed by atoms with Crippen LogP contribution in [0.1, 0.15) is 273 Å². The molecular formula is C66H108O6. The minimum atomic E-state index is 0.650. The predicted molar refractivity (Wildman–Crippen MR) is 312 cm³/mol. The Morgan fingerprint density at radius 3 is 0.486 bits per heavy atom. The average molecular weight is 998 g/mol. The second-order valence-electron chi connectivity index (χ2n) is 21.2. The summed E-state index contributed by atoms with van der Waals surface area (Å²) in [6.07, 6.45) is 44.6. The van der Waals surface area contributed by atoms with E-state index < -0.39 is 0 Å². The number of unbranched alkanes of at least 4 members (excludes halogenated alkanes) is 30. The van der Waals surface area contributed by atoms with E-state index in [-0.39, 0.29) is 0 Å². The largest absolute Gasteiger partial charge is 0.490 e. The molecule has 4 aromatic carbocycles. The summed E-state index contributed by atoms with van der Waals surface area (Å²) >= 11 is 0. The molecule has 0 bridgehead atoms. The zero-order valence-corrected chi connectivity index (χ0v) is 47.6. The highest BCUT2D eigenvalue weighted by atomic mass is 16.5. The molecule has 0 saturated heterocycles. The molecule has 0 aliphatic heterocycles. The van der Waals surface area contributed by atoms with Crippen LogP contribution in [0.15, 0.2) is 36.4 Å². The smallest absolute Gasteiger partial charge is 0.161 e. The highest BCUT2D eigenvalue weighted by Gasteiger charge is 2.21. The van der Waals surface area contributed by atoms with Gasteiger partial charge in [-0.1, -0.05) is 234 Å². The molecule has 0 amide bonds. The molecule has 6 nitrogen and oxygen atoms in total. The molecule has 0 spiro atoms. The van der Waals surface area contributed by atoms with Crippen molar-refractivity contribution in [2.24, 2.45) is 0 Å². The highest BCUT2D eigenvalue weighted by Crippen LogP contribution is 2.47. The molecule has 0 aliphatic rings. The van der Waals surface area contributed by atoms with Crippen molar-refractivity contribution in [2.45, 2.75) is 273 Å². The number of hydrogen-bond donors (Lipinski definition) is 0. The van der Waals surface area contributed by atoms with Gasteiger partial charge in [0.1, 0.15) is 0 Å². The van der Waals surface area contributed by atoms with Crippen LogP contribution in [0.3, 0.4) is 0 Å². The Morgan fingerprint density at radius 1 is 0.181 bits per heavy atom. The number of rotatable bonds is 48. The first kappa shape index (κ1) is 61.0. The van der Waals surface area contributed by atoms with Gasteiger partial charge in [0.15, 0.2) is 34.5 Å². The Labute approximate surface area is 442 Å². The minimum Gasteiger partial charge on any atom is -0.490 e. The predicted octanol–water partition coefficient (Wildman–Crippen LogP) is 21.6. The molecule has 0 saturated carbocycles. The van der Waals surface area contributed by atoms with Gasteiger partial charge in [-0.2, -0.15) is 0 Å². The summed E-state index contributed by atoms with van der Waals surface area (Å²) in [5.74, 6) is 4.95. The van der Waals surface area contributed by atoms with E-state index in [1.807, 2.05) is 0 Å². The Kier molecular flexibility index (Phi) is 33.8. The summed E-state index contributed by atoms with van der Waals surface area (Å²) in [5, 5.41) is 6.78. The normalized spacial score (nSPS) is 11.6. The third-order valence-electron chi connectivity index (χ3n) is 14.7. The molecule has 6 heteroatoms. The maximum atomic E-state index is 6.82. The van der Waals surface area contributed by atoms with Crippen LogP contribution in [0.5, 0.6) is 34.5 Å². The van der Waals surface area contributed by atoms with Crippen molar-refractivity contribution in [3.05, 3.63) is 36.4 Å². The van der Waals surface area contributed by atoms with Crippen LogP contribution in [0, 0.1) is 0 Å². The lowest BCUT2D eigenvalue weighted by Crippen LogP contribution is -2.05. The van der Waals surface area contributed by atoms with Gasteiger partial charge in [0.05, 0.1) is 39.6 Å². The maximum absolute atomic E-state index is 6.82. The van der Waals surface area contributed by atoms with Gasteiger partial charge in [-0.05, 0) is 107 Å². The van der Waals surface area contributed by atoms with Crippen LogP contribution in [0.4, 0.5) is 0 Å². The van der Waals surface area contributed by atoms with Crippen LogP contribution in [-0.4, -0.2) is 39.6 Å². The first-order valence-corrected chi connectivity index (χ1v) is 30.9. The summed E-state index contributed by atoms with van der Waals surface area (Å²) in [6, 6.07) is 13.6. The summed E-state index contributed by atoms with van der Waals surface area (Å²) < 4.78 is 40.5. The molecule has 0 N–H and O–H groups in total. The zero-order chi connectivity index (χ0) is 51.1. The molecule has 0 aliphatic carbocycles. The Bertz CT molecular complexity index is 1830. The average Bonchev–Trinajstić information content (AvgIpc) is 3.39. The molecule has 0 aromatic heterocycles. The molecule has 0 fully saturated rings. The molecule has 72 heavy (non-hydrogen) atoms. The van der Waals surface area contributed by atoms with Crippen LogP contribution in [0.25, 0.3) is 32.3 Å². The van der Waals surface area contributed by atoms with Gasteiger partial charge in [0.25, 0.3) is 0 Å². The lowest BCUT2D eigenvalue weighted by atomic mass is 9.93. The van der Waals surface area contributed by atoms with Crippen LogP contribution in [0.2, 0.25) is 0 Å². The summed E-state index contributed by atoms with van der Waals surface area (Å²) in [7, 11) is 0. The van der Waals surface area contributed by atoms with Crippen molar-refractivity contribution in [1.29, 1.82) is 0 Å². The van der Waals surface area contributed by atoms with E-state index in [0.29, 0.717) is 39.6 Å². The maximum Gasteiger partial charge on any atom is 0.161 e. The lowest BCUT2D eigenvalue weighted by Gasteiger charge is -2.21. The number of hydrogen-bond acceptors (Lipinski definition) is 6. The van der Waals surface area contributed by atoms with Crippen molar-refractivity contribution in [3.63, 3.8) is 0 Å². The summed E-state index contributed by atoms with van der Waals surface area (Å²) in [4.78, 5) is 0. The van der Waals surface area contributed by atoms with Gasteiger partial charge in [-0.25, -0.2) is 0 Å². The van der Waals surface area contributed by atoms with E-state index in [2.05, 4.69) is 77.9 Å². The molecule has 0 unspecified atom stereocenters. The second kappa shape index (κ2) is 39.9. The number of fused-ring (bicyclic) bond motifs is 6. The summed E-state index contributed by atoms with van der Waals surface area (Å²) in [6.45, 7) is 17.6. The first-order chi connectivity index (χ1) is 35.6. The van der Waals surface area contributed by atoms with Crippen LogP contribution >= 0.6 is 0 Å². The van der Waals surface area contributed by atoms with E-state index in [4.69, 9.17) is 28.4 Å². The number of ether oxygens (including phenoxy) is 6. The molecular weight excluding hydrogens is 889 g/mol. The summed E-state index contributed by atoms with van der Waals surface area (Å²) in [5.41, 5.74) is 0. The first-order valence-electron chi connectivity index (χ1n) is 30.9. The van der Waals surface area contributed by atoms with Crippen molar-refractivity contribution in [1.82, 2.24) is 0 Å². The SMILES string of the molecule is CCCCCCCCCCOc1cc2c3cc(OCCCC)c(OCCCC)cc3c3cc(OCCCCCCCCCC)c(OCCCCCCCCCC)cc3c2cc1OCCCCCCCCCC. The van der Waals surface area contributed by atoms with Crippen LogP contribution in [-0.2, 0) is 0 Å². The van der Waals surface area contributed by atoms with E-state index >= 15 is 0 Å². The van der Waals surface area contributed by atoms with E-state index in [1.54, 1.807) is 0 Å². The standard InChI is InChI=1S/C66H108O6/c1-7-13-19-23-27-31-35-39-45-69-63-51-57-55-49-61(67-43-17-11-5)62(68-44-18-12-6)50-56(55)58-52-64(70-46-40-36-32-28-24-20-14-8-2)66(72-48-42-38-34-30-26-22-16-10-4)54-60(58)59(57)53-65(63)71-47-41-37-33-29-25-21-15-9-3/h49-54H,7-48H2,1-6H3. The van der Waals surface area contributed by atoms with E-state index in [0.717, 1.165) is 118 Å². The molecule has 0 atom stereocenters. The Hall–Kier alpha value is -3.54. The van der Waals surface area contributed by atoms with Gasteiger partial charge in [0, 0.05) is 0 Å². The fourth-order valence-electron chi connectivity index (χ4n) is 10.0. The van der Waals surface area contributed by atoms with E-state index in [1.165, 1.54) is 180 Å². The monoisotopic (exact) mass is 997 g/mol. The van der Waals surface area contributed by atoms with Gasteiger partial charge in [-0.3, -0.25) is 0 Å². The third-order valence-corrected chi connectivity index (χ3v) is 14.7. The fraction of sp³-hybridized carbons (Fsp3) is 0.727. The zero-order valence-electron chi connectivity index (χ0n) is 47.6. The van der Waals surface area contributed by atoms with Gasteiger partial charge < -0.3 is 28.4 Å². The molecule has 0 heterocycles. The van der Waals surface area contributed by atoms with E-state index in [9.17, 15) is 0 Å². The van der Waals surface area contributed by atoms with Gasteiger partial charge in [0.2, 0.25) is 0 Å². The molecule has 408 valence electrons.